The second-order valence-electron chi connectivity index (χ2n) is 5.15. The number of likely N-dealkylation sites (N-methyl/N-ethyl adjacent to an activating group) is 1. The summed E-state index contributed by atoms with van der Waals surface area (Å²) in [6.07, 6.45) is 0. The molecule has 0 heterocycles. The van der Waals surface area contributed by atoms with Gasteiger partial charge in [0.15, 0.2) is 0 Å². The van der Waals surface area contributed by atoms with Crippen LogP contribution in [-0.2, 0) is 0 Å². The molecule has 0 saturated heterocycles. The van der Waals surface area contributed by atoms with E-state index in [9.17, 15) is 9.90 Å². The molecule has 100 valence electrons. The van der Waals surface area contributed by atoms with Gasteiger partial charge in [-0.15, -0.1) is 0 Å². The highest BCUT2D eigenvalue weighted by Crippen LogP contribution is 2.17. The minimum atomic E-state index is -0.905. The zero-order chi connectivity index (χ0) is 13.9. The van der Waals surface area contributed by atoms with Gasteiger partial charge in [-0.25, -0.2) is 0 Å². The number of benzene rings is 1. The molecule has 1 amide bonds. The van der Waals surface area contributed by atoms with Crippen LogP contribution in [0.5, 0.6) is 0 Å². The summed E-state index contributed by atoms with van der Waals surface area (Å²) in [5, 5.41) is 9.70. The molecule has 4 N–H and O–H groups in total. The van der Waals surface area contributed by atoms with Crippen LogP contribution in [0.15, 0.2) is 18.2 Å². The average molecular weight is 251 g/mol. The molecule has 1 aromatic carbocycles. The lowest BCUT2D eigenvalue weighted by atomic mass is 10.1. The Bertz CT molecular complexity index is 438. The number of nitrogen functional groups attached to an aromatic ring is 1. The lowest BCUT2D eigenvalue weighted by molar-refractivity contribution is 0.0368. The van der Waals surface area contributed by atoms with Crippen molar-refractivity contribution in [3.63, 3.8) is 0 Å². The molecule has 0 aromatic heterocycles. The molecule has 0 fully saturated rings. The summed E-state index contributed by atoms with van der Waals surface area (Å²) in [7, 11) is 1.67. The molecule has 0 aliphatic heterocycles. The molecule has 1 rings (SSSR count). The maximum atomic E-state index is 12.1. The number of nitrogens with zero attached hydrogens (tertiary/aromatic N) is 1. The van der Waals surface area contributed by atoms with Crippen LogP contribution in [0.3, 0.4) is 0 Å². The molecule has 0 aliphatic carbocycles. The number of hydrogen-bond donors (Lipinski definition) is 3. The number of anilines is 1. The standard InChI is InChI=1S/C13H21N3O2/c1-9-7-10(5-6-11(9)15-14)12(17)16(4)8-13(2,3)18/h5-7,15,18H,8,14H2,1-4H3. The smallest absolute Gasteiger partial charge is 0.253 e. The molecular weight excluding hydrogens is 230 g/mol. The van der Waals surface area contributed by atoms with Crippen LogP contribution < -0.4 is 11.3 Å². The molecule has 18 heavy (non-hydrogen) atoms. The number of nitrogens with two attached hydrogens (primary N) is 1. The highest BCUT2D eigenvalue weighted by atomic mass is 16.3. The van der Waals surface area contributed by atoms with E-state index >= 15 is 0 Å². The van der Waals surface area contributed by atoms with Crippen molar-refractivity contribution in [2.24, 2.45) is 5.84 Å². The van der Waals surface area contributed by atoms with E-state index in [0.29, 0.717) is 5.56 Å². The number of aryl methyl sites for hydroxylation is 1. The summed E-state index contributed by atoms with van der Waals surface area (Å²) < 4.78 is 0. The lowest BCUT2D eigenvalue weighted by Crippen LogP contribution is -2.39. The Morgan fingerprint density at radius 2 is 2.11 bits per heavy atom. The van der Waals surface area contributed by atoms with Crippen molar-refractivity contribution >= 4 is 11.6 Å². The molecule has 0 aliphatic rings. The monoisotopic (exact) mass is 251 g/mol. The van der Waals surface area contributed by atoms with E-state index in [1.54, 1.807) is 39.1 Å². The van der Waals surface area contributed by atoms with Crippen LogP contribution in [0.4, 0.5) is 5.69 Å². The normalized spacial score (nSPS) is 11.2. The predicted octanol–water partition coefficient (Wildman–Crippen LogP) is 1.12. The molecule has 0 atom stereocenters. The third-order valence-electron chi connectivity index (χ3n) is 2.60. The lowest BCUT2D eigenvalue weighted by Gasteiger charge is -2.25. The van der Waals surface area contributed by atoms with Crippen LogP contribution in [0.1, 0.15) is 29.8 Å². The minimum absolute atomic E-state index is 0.121. The molecule has 0 bridgehead atoms. The number of hydrogen-bond acceptors (Lipinski definition) is 4. The molecule has 5 nitrogen and oxygen atoms in total. The van der Waals surface area contributed by atoms with Gasteiger partial charge in [-0.3, -0.25) is 10.6 Å². The van der Waals surface area contributed by atoms with Crippen molar-refractivity contribution in [1.29, 1.82) is 0 Å². The number of amides is 1. The number of hydrazine groups is 1. The first-order valence-corrected chi connectivity index (χ1v) is 5.80. The Kier molecular flexibility index (Phi) is 4.32. The third kappa shape index (κ3) is 3.72. The Hall–Kier alpha value is -1.59. The molecule has 5 heteroatoms. The van der Waals surface area contributed by atoms with E-state index in [1.165, 1.54) is 4.90 Å². The molecule has 0 spiro atoms. The SMILES string of the molecule is Cc1cc(C(=O)N(C)CC(C)(C)O)ccc1NN. The molecule has 0 unspecified atom stereocenters. The van der Waals surface area contributed by atoms with Crippen molar-refractivity contribution in [3.8, 4) is 0 Å². The van der Waals surface area contributed by atoms with Crippen molar-refractivity contribution in [2.45, 2.75) is 26.4 Å². The average Bonchev–Trinajstić information content (AvgIpc) is 2.25. The van der Waals surface area contributed by atoms with Crippen molar-refractivity contribution in [1.82, 2.24) is 4.90 Å². The van der Waals surface area contributed by atoms with E-state index in [4.69, 9.17) is 5.84 Å². The van der Waals surface area contributed by atoms with Gasteiger partial charge in [0, 0.05) is 19.2 Å². The van der Waals surface area contributed by atoms with Crippen molar-refractivity contribution < 1.29 is 9.90 Å². The van der Waals surface area contributed by atoms with E-state index in [-0.39, 0.29) is 12.5 Å². The first-order valence-electron chi connectivity index (χ1n) is 5.80. The fraction of sp³-hybridized carbons (Fsp3) is 0.462. The summed E-state index contributed by atoms with van der Waals surface area (Å²) in [4.78, 5) is 13.6. The summed E-state index contributed by atoms with van der Waals surface area (Å²) in [5.41, 5.74) is 3.93. The zero-order valence-corrected chi connectivity index (χ0v) is 11.3. The van der Waals surface area contributed by atoms with E-state index in [2.05, 4.69) is 5.43 Å². The Morgan fingerprint density at radius 3 is 2.56 bits per heavy atom. The molecular formula is C13H21N3O2. The van der Waals surface area contributed by atoms with Gasteiger partial charge in [0.2, 0.25) is 0 Å². The second kappa shape index (κ2) is 5.37. The molecule has 0 radical (unpaired) electrons. The fourth-order valence-corrected chi connectivity index (χ4v) is 1.83. The highest BCUT2D eigenvalue weighted by Gasteiger charge is 2.20. The fourth-order valence-electron chi connectivity index (χ4n) is 1.83. The highest BCUT2D eigenvalue weighted by molar-refractivity contribution is 5.94. The first kappa shape index (κ1) is 14.5. The van der Waals surface area contributed by atoms with Gasteiger partial charge in [0.1, 0.15) is 0 Å². The minimum Gasteiger partial charge on any atom is -0.389 e. The Labute approximate surface area is 108 Å². The topological polar surface area (TPSA) is 78.6 Å². The quantitative estimate of drug-likeness (QED) is 0.553. The van der Waals surface area contributed by atoms with Crippen molar-refractivity contribution in [3.05, 3.63) is 29.3 Å². The van der Waals surface area contributed by atoms with Gasteiger partial charge in [-0.05, 0) is 44.5 Å². The summed E-state index contributed by atoms with van der Waals surface area (Å²) in [5.74, 6) is 5.22. The van der Waals surface area contributed by atoms with Gasteiger partial charge in [-0.1, -0.05) is 0 Å². The van der Waals surface area contributed by atoms with E-state index in [1.807, 2.05) is 6.92 Å². The number of aliphatic hydroxyl groups is 1. The van der Waals surface area contributed by atoms with Crippen LogP contribution in [0.25, 0.3) is 0 Å². The van der Waals surface area contributed by atoms with Gasteiger partial charge >= 0.3 is 0 Å². The van der Waals surface area contributed by atoms with Gasteiger partial charge in [-0.2, -0.15) is 0 Å². The third-order valence-corrected chi connectivity index (χ3v) is 2.60. The van der Waals surface area contributed by atoms with Crippen LogP contribution >= 0.6 is 0 Å². The van der Waals surface area contributed by atoms with Crippen LogP contribution in [0, 0.1) is 6.92 Å². The summed E-state index contributed by atoms with van der Waals surface area (Å²) in [6.45, 7) is 5.50. The molecule has 1 aromatic rings. The van der Waals surface area contributed by atoms with Crippen LogP contribution in [-0.4, -0.2) is 35.1 Å². The Morgan fingerprint density at radius 1 is 1.50 bits per heavy atom. The second-order valence-corrected chi connectivity index (χ2v) is 5.15. The van der Waals surface area contributed by atoms with E-state index in [0.717, 1.165) is 11.3 Å². The zero-order valence-electron chi connectivity index (χ0n) is 11.3. The van der Waals surface area contributed by atoms with Gasteiger partial charge in [0.25, 0.3) is 5.91 Å². The Balaban J connectivity index is 2.87. The summed E-state index contributed by atoms with van der Waals surface area (Å²) >= 11 is 0. The first-order chi connectivity index (χ1) is 8.24. The van der Waals surface area contributed by atoms with Gasteiger partial charge in [0.05, 0.1) is 11.3 Å². The van der Waals surface area contributed by atoms with Gasteiger partial charge < -0.3 is 15.4 Å². The maximum Gasteiger partial charge on any atom is 0.253 e. The van der Waals surface area contributed by atoms with E-state index < -0.39 is 5.60 Å². The van der Waals surface area contributed by atoms with Crippen LogP contribution in [0.2, 0.25) is 0 Å². The largest absolute Gasteiger partial charge is 0.389 e. The summed E-state index contributed by atoms with van der Waals surface area (Å²) in [6, 6.07) is 5.25. The predicted molar refractivity (Wildman–Crippen MR) is 72.2 cm³/mol. The number of rotatable bonds is 4. The molecule has 0 saturated carbocycles. The number of carbonyl (C=O) groups excluding carboxylic acids is 1. The maximum absolute atomic E-state index is 12.1. The number of carbonyl (C=O) groups is 1. The number of nitrogens with one attached hydrogen (secondary N) is 1. The van der Waals surface area contributed by atoms with Crippen molar-refractivity contribution in [2.75, 3.05) is 19.0 Å².